The summed E-state index contributed by atoms with van der Waals surface area (Å²) in [6.45, 7) is 49.6. The summed E-state index contributed by atoms with van der Waals surface area (Å²) < 4.78 is 86.6. The van der Waals surface area contributed by atoms with Gasteiger partial charge in [0.2, 0.25) is 15.9 Å². The van der Waals surface area contributed by atoms with Gasteiger partial charge in [-0.2, -0.15) is 20.2 Å². The molecule has 0 radical (unpaired) electrons. The number of sulfonamides is 1. The maximum atomic E-state index is 10.2. The first kappa shape index (κ1) is 164. The highest BCUT2D eigenvalue weighted by molar-refractivity contribution is 7.97. The van der Waals surface area contributed by atoms with Gasteiger partial charge < -0.3 is 61.2 Å². The van der Waals surface area contributed by atoms with E-state index in [1.165, 1.54) is 131 Å². The van der Waals surface area contributed by atoms with Gasteiger partial charge in [-0.1, -0.05) is 219 Å². The second-order valence-corrected chi connectivity index (χ2v) is 31.1. The van der Waals surface area contributed by atoms with Crippen molar-refractivity contribution in [1.29, 1.82) is 0 Å². The number of likely N-dealkylation sites (N-methyl/N-ethyl adjacent to an activating group) is 2. The van der Waals surface area contributed by atoms with Crippen LogP contribution in [0.25, 0.3) is 32.3 Å². The van der Waals surface area contributed by atoms with E-state index < -0.39 is 58.7 Å². The Bertz CT molecular complexity index is 3690. The van der Waals surface area contributed by atoms with E-state index >= 15 is 0 Å². The van der Waals surface area contributed by atoms with Gasteiger partial charge in [-0.15, -0.1) is 18.4 Å². The van der Waals surface area contributed by atoms with Crippen LogP contribution in [0.3, 0.4) is 0 Å². The number of thioether (sulfide) groups is 1. The van der Waals surface area contributed by atoms with Gasteiger partial charge in [0.1, 0.15) is 15.6 Å². The highest BCUT2D eigenvalue weighted by Crippen LogP contribution is 2.27. The van der Waals surface area contributed by atoms with E-state index in [1.54, 1.807) is 72.9 Å². The van der Waals surface area contributed by atoms with Crippen LogP contribution in [0, 0.1) is 32.6 Å². The molecule has 0 heterocycles. The number of aliphatic imine (C=N–C) groups is 1. The molecule has 0 aliphatic heterocycles. The van der Waals surface area contributed by atoms with Crippen molar-refractivity contribution in [3.8, 4) is 11.8 Å². The first-order valence-corrected chi connectivity index (χ1v) is 49.3. The topological polar surface area (TPSA) is 384 Å². The number of esters is 1. The van der Waals surface area contributed by atoms with E-state index in [9.17, 15) is 63.0 Å². The van der Waals surface area contributed by atoms with E-state index in [0.29, 0.717) is 0 Å². The SMILES string of the molecule is C/C=C/C.C/C=C\C.C=C(C)C.CC.CC.CC.CC#CC.CC(C)=O.CC=NC.CCC.CNC.CNC(=O)C(=O)NC.CNC(=O)NC.CNC(=O)OC.CNC(C)=O.CNS(C)(=O)=O.COC.COC(C)=O.COS(C)(=O)=O.CS(C)(=O)=O.CS(C)=O.CSC.Cc1c2ccccc2cc2ccccc12.Cc1cccc2ccccc12.Cc1ccccc1. The highest BCUT2D eigenvalue weighted by atomic mass is 32.2. The number of urea groups is 1. The van der Waals surface area contributed by atoms with Gasteiger partial charge in [0.25, 0.3) is 10.1 Å². The van der Waals surface area contributed by atoms with E-state index in [2.05, 4.69) is 228 Å². The zero-order valence-corrected chi connectivity index (χ0v) is 90.8. The molecule has 6 aromatic rings. The molecule has 6 aromatic carbocycles. The predicted molar refractivity (Wildman–Crippen MR) is 558 cm³/mol. The lowest BCUT2D eigenvalue weighted by atomic mass is 9.98. The number of Topliss-reactive ketones (excluding diaryl/α,β-unsaturated/α-hetero) is 1. The van der Waals surface area contributed by atoms with Crippen LogP contribution >= 0.6 is 11.8 Å². The summed E-state index contributed by atoms with van der Waals surface area (Å²) in [5.41, 5.74) is 5.22. The number of benzene rings is 6. The van der Waals surface area contributed by atoms with Crippen molar-refractivity contribution in [2.75, 3.05) is 156 Å². The summed E-state index contributed by atoms with van der Waals surface area (Å²) in [6, 6.07) is 44.3. The van der Waals surface area contributed by atoms with Gasteiger partial charge >= 0.3 is 29.9 Å². The smallest absolute Gasteiger partial charge is 0.406 e. The quantitative estimate of drug-likeness (QED) is 0.0152. The van der Waals surface area contributed by atoms with Gasteiger partial charge in [0.15, 0.2) is 0 Å². The third kappa shape index (κ3) is 212. The van der Waals surface area contributed by atoms with Crippen LogP contribution in [0.1, 0.15) is 169 Å². The molecule has 0 bridgehead atoms. The molecule has 738 valence electrons. The van der Waals surface area contributed by atoms with Crippen LogP contribution in [0.15, 0.2) is 169 Å². The molecule has 126 heavy (non-hydrogen) atoms. The minimum atomic E-state index is -3.16. The average Bonchev–Trinajstić information content (AvgIpc) is 0.787. The molecule has 0 fully saturated rings. The fraction of sp³-hybridized carbons (Fsp3) is 0.511. The maximum absolute atomic E-state index is 10.2. The van der Waals surface area contributed by atoms with Crippen molar-refractivity contribution >= 4 is 133 Å². The molecular formula is C94H179N9O18S5. The fourth-order valence-electron chi connectivity index (χ4n) is 4.62. The summed E-state index contributed by atoms with van der Waals surface area (Å²) in [5.74, 6) is 4.05. The lowest BCUT2D eigenvalue weighted by Crippen LogP contribution is -2.35. The second-order valence-electron chi connectivity index (χ2n) is 22.8. The lowest BCUT2D eigenvalue weighted by Gasteiger charge is -2.06. The fourth-order valence-corrected chi connectivity index (χ4v) is 4.62. The van der Waals surface area contributed by atoms with Crippen molar-refractivity contribution in [2.24, 2.45) is 4.99 Å². The van der Waals surface area contributed by atoms with Gasteiger partial charge in [0.05, 0.1) is 33.8 Å². The number of sulfone groups is 1. The number of ether oxygens (including phenoxy) is 3. The Hall–Kier alpha value is -9.17. The Morgan fingerprint density at radius 1 is 0.492 bits per heavy atom. The standard InChI is InChI=1S/C15H12.C11H10.C7H8.C4H8N2O2.3C4H8.C4H6.C3H8N2O.C3H7NO2.C3H7NO.C3H7N.C3H6O2.C3H6O.C3H8.C2H7NO2S.C2H7N.C2H6O3S.C2H6O2S.C2H6OS.C2H6O.C2H6S.3C2H6/c1-11-14-8-4-2-6-12(14)10-13-7-3-5-9-15(11)13;1-9-5-4-7-10-6-2-3-8-11(9)10;1-7-5-3-2-4-6-7;1-5-3(7)4(8)6-2;1-4(2)3;3*1-3-4-2;1-4-3(6)5-2;1-4-3(5)6-2;1-3(5)4-2;1-3-4-2;1-3(4)5-2;1-3(2)4;1-3-2;1-3-6(2,4)5;1-3-2;1-5-6(2,3)4;1-5(2,3)4;1-4(2)3;2*1-3-2;3*1-2/h2-10H,1H3;2-8H,1H3;2-6H,1H3;1-2H3,(H,5,7)(H,6,8);1H2,2-3H3;2*3-4H,1-2H3;1-2H3;1-2H3,(H2,4,5,6);1-2H3,(H,4,5);1-2H3,(H,4,5);3H,1-2H3;1-2H3;1-2H3;3H2,1-2H3;3H,1-2H3;3H,1-2H3;1-2H3;1-2H3;1-2H3;2*1-2H3;3*1-2H3/b;;;;;4-3+;4-3-;;;;;;;;;;;;;;;;;;. The van der Waals surface area contributed by atoms with Gasteiger partial charge in [0, 0.05) is 113 Å². The summed E-state index contributed by atoms with van der Waals surface area (Å²) in [7, 11) is 13.6. The first-order valence-electron chi connectivity index (χ1n) is 39.7. The van der Waals surface area contributed by atoms with Crippen molar-refractivity contribution in [3.05, 3.63) is 181 Å². The number of allylic oxidation sites excluding steroid dienone is 5. The summed E-state index contributed by atoms with van der Waals surface area (Å²) >= 11 is 1.75. The molecule has 6 rings (SSSR count). The van der Waals surface area contributed by atoms with Crippen molar-refractivity contribution in [3.63, 3.8) is 0 Å². The first-order chi connectivity index (χ1) is 58.6. The van der Waals surface area contributed by atoms with Crippen LogP contribution in [0.5, 0.6) is 0 Å². The molecule has 32 heteroatoms. The number of hydrogen-bond donors (Lipinski definition) is 8. The maximum Gasteiger partial charge on any atom is 0.406 e. The number of ketones is 1. The number of nitrogens with zero attached hydrogens (tertiary/aromatic N) is 1. The summed E-state index contributed by atoms with van der Waals surface area (Å²) in [6.07, 6.45) is 22.4. The molecule has 0 unspecified atom stereocenters. The molecule has 0 aliphatic carbocycles. The van der Waals surface area contributed by atoms with Gasteiger partial charge in [-0.25, -0.2) is 31.1 Å². The Labute approximate surface area is 777 Å². The minimum Gasteiger partial charge on any atom is -0.469 e. The van der Waals surface area contributed by atoms with E-state index in [-0.39, 0.29) is 23.7 Å². The number of rotatable bonds is 2. The van der Waals surface area contributed by atoms with E-state index in [4.69, 9.17) is 0 Å². The number of carbonyl (C=O) groups excluding carboxylic acids is 7. The Morgan fingerprint density at radius 3 is 0.865 bits per heavy atom. The zero-order chi connectivity index (χ0) is 104. The molecule has 6 amide bonds. The lowest BCUT2D eigenvalue weighted by molar-refractivity contribution is -0.138. The average molecular weight is 1880 g/mol. The molecule has 0 atom stereocenters. The number of methoxy groups -OCH3 is 3. The number of nitrogens with one attached hydrogen (secondary N) is 8. The number of amides is 6. The summed E-state index contributed by atoms with van der Waals surface area (Å²) in [5, 5.41) is 24.5. The normalized spacial score (nSPS) is 8.38. The monoisotopic (exact) mass is 1880 g/mol. The Kier molecular flexibility index (Phi) is 177. The molecular weight excluding hydrogens is 1700 g/mol. The van der Waals surface area contributed by atoms with E-state index in [1.807, 2.05) is 173 Å². The van der Waals surface area contributed by atoms with Crippen LogP contribution in [-0.2, 0) is 83.1 Å². The van der Waals surface area contributed by atoms with Crippen LogP contribution in [0.2, 0.25) is 0 Å². The molecule has 0 spiro atoms. The Morgan fingerprint density at radius 2 is 0.722 bits per heavy atom. The van der Waals surface area contributed by atoms with Crippen LogP contribution < -0.4 is 41.9 Å². The molecule has 27 nitrogen and oxygen atoms in total. The number of hydrogen-bond acceptors (Lipinski definition) is 21. The molecule has 0 saturated heterocycles. The van der Waals surface area contributed by atoms with Gasteiger partial charge in [-0.05, 0) is 186 Å². The second kappa shape index (κ2) is 136. The third-order valence-corrected chi connectivity index (χ3v) is 11.3. The van der Waals surface area contributed by atoms with Gasteiger partial charge in [-0.3, -0.25) is 27.6 Å². The minimum absolute atomic E-state index is 0.00463. The molecule has 8 N–H and O–H groups in total. The number of fused-ring (bicyclic) bond motifs is 3. The van der Waals surface area contributed by atoms with Crippen molar-refractivity contribution in [1.82, 2.24) is 41.9 Å². The highest BCUT2D eigenvalue weighted by Gasteiger charge is 2.06. The zero-order valence-electron chi connectivity index (χ0n) is 86.8. The predicted octanol–water partition coefficient (Wildman–Crippen LogP) is 18.4. The van der Waals surface area contributed by atoms with E-state index in [0.717, 1.165) is 32.1 Å². The number of alkyl carbamates (subject to hydrolysis) is 1. The third-order valence-electron chi connectivity index (χ3n) is 9.98. The van der Waals surface area contributed by atoms with Crippen molar-refractivity contribution in [2.45, 2.75) is 173 Å². The van der Waals surface area contributed by atoms with Crippen LogP contribution in [0.4, 0.5) is 9.59 Å². The van der Waals surface area contributed by atoms with Crippen molar-refractivity contribution < 1.29 is 81.4 Å². The molecule has 0 saturated carbocycles. The largest absolute Gasteiger partial charge is 0.469 e. The number of aryl methyl sites for hydroxylation is 3. The molecule has 0 aromatic heterocycles. The Balaban J connectivity index is -0.0000000568. The number of carbonyl (C=O) groups is 7. The molecule has 0 aliphatic rings. The van der Waals surface area contributed by atoms with Crippen LogP contribution in [-0.4, -0.2) is 233 Å². The summed E-state index contributed by atoms with van der Waals surface area (Å²) in [4.78, 5) is 72.6.